The first-order chi connectivity index (χ1) is 10.2. The largest absolute Gasteiger partial charge is 0.279 e. The summed E-state index contributed by atoms with van der Waals surface area (Å²) in [6.45, 7) is 2.20. The van der Waals surface area contributed by atoms with Gasteiger partial charge in [0.1, 0.15) is 0 Å². The molecule has 0 amide bonds. The molecule has 2 heteroatoms. The highest BCUT2D eigenvalue weighted by atomic mass is 15.3. The standard InChI is InChI=1S/C19H26N2/c1-14(20-21-18-5-3-2-4-6-18)10-19-11-15-7-16(12-19)9-17(8-15)13-19/h2-6,15-17,21H,7-13H2,1H3/b20-14+. The average molecular weight is 282 g/mol. The van der Waals surface area contributed by atoms with E-state index in [0.717, 1.165) is 23.4 Å². The molecule has 1 N–H and O–H groups in total. The molecule has 4 saturated carbocycles. The number of hydrogen-bond acceptors (Lipinski definition) is 2. The zero-order valence-electron chi connectivity index (χ0n) is 13.0. The van der Waals surface area contributed by atoms with E-state index in [1.54, 1.807) is 0 Å². The molecule has 0 atom stereocenters. The van der Waals surface area contributed by atoms with Crippen molar-refractivity contribution in [3.8, 4) is 0 Å². The Morgan fingerprint density at radius 3 is 2.19 bits per heavy atom. The number of para-hydroxylation sites is 1. The second-order valence-electron chi connectivity index (χ2n) is 7.92. The van der Waals surface area contributed by atoms with E-state index in [1.807, 2.05) is 18.2 Å². The molecule has 2 nitrogen and oxygen atoms in total. The summed E-state index contributed by atoms with van der Waals surface area (Å²) in [5, 5.41) is 4.64. The lowest BCUT2D eigenvalue weighted by Crippen LogP contribution is -2.46. The van der Waals surface area contributed by atoms with Gasteiger partial charge in [0.25, 0.3) is 0 Å². The van der Waals surface area contributed by atoms with E-state index in [4.69, 9.17) is 0 Å². The lowest BCUT2D eigenvalue weighted by Gasteiger charge is -2.57. The monoisotopic (exact) mass is 282 g/mol. The van der Waals surface area contributed by atoms with Crippen LogP contribution in [0.2, 0.25) is 0 Å². The van der Waals surface area contributed by atoms with Gasteiger partial charge in [-0.25, -0.2) is 0 Å². The topological polar surface area (TPSA) is 24.4 Å². The van der Waals surface area contributed by atoms with Gasteiger partial charge in [0.05, 0.1) is 5.69 Å². The lowest BCUT2D eigenvalue weighted by atomic mass is 9.48. The number of nitrogens with zero attached hydrogens (tertiary/aromatic N) is 1. The van der Waals surface area contributed by atoms with Gasteiger partial charge in [0.2, 0.25) is 0 Å². The van der Waals surface area contributed by atoms with Gasteiger partial charge >= 0.3 is 0 Å². The molecule has 0 spiro atoms. The molecule has 21 heavy (non-hydrogen) atoms. The molecule has 0 radical (unpaired) electrons. The smallest absolute Gasteiger partial charge is 0.0561 e. The lowest BCUT2D eigenvalue weighted by molar-refractivity contribution is -0.0482. The molecule has 0 aromatic heterocycles. The molecule has 0 aliphatic heterocycles. The number of anilines is 1. The molecule has 0 unspecified atom stereocenters. The Bertz CT molecular complexity index is 496. The predicted molar refractivity (Wildman–Crippen MR) is 88.4 cm³/mol. The van der Waals surface area contributed by atoms with Gasteiger partial charge in [-0.15, -0.1) is 0 Å². The van der Waals surface area contributed by atoms with Gasteiger partial charge in [0, 0.05) is 5.71 Å². The van der Waals surface area contributed by atoms with E-state index >= 15 is 0 Å². The predicted octanol–water partition coefficient (Wildman–Crippen LogP) is 5.08. The average Bonchev–Trinajstić information content (AvgIpc) is 2.44. The van der Waals surface area contributed by atoms with E-state index in [9.17, 15) is 0 Å². The van der Waals surface area contributed by atoms with Crippen LogP contribution >= 0.6 is 0 Å². The summed E-state index contributed by atoms with van der Waals surface area (Å²) in [5.74, 6) is 3.10. The Morgan fingerprint density at radius 2 is 1.62 bits per heavy atom. The fourth-order valence-electron chi connectivity index (χ4n) is 5.76. The van der Waals surface area contributed by atoms with Crippen molar-refractivity contribution >= 4 is 11.4 Å². The SMILES string of the molecule is C/C(CC12CC3CC(CC(C3)C1)C2)=N\Nc1ccccc1. The third-order valence-electron chi connectivity index (χ3n) is 5.95. The number of rotatable bonds is 4. The molecule has 0 saturated heterocycles. The minimum absolute atomic E-state index is 0.598. The van der Waals surface area contributed by atoms with Crippen LogP contribution in [0.3, 0.4) is 0 Å². The molecule has 1 aromatic rings. The molecule has 4 aliphatic rings. The van der Waals surface area contributed by atoms with Crippen molar-refractivity contribution in [1.29, 1.82) is 0 Å². The van der Waals surface area contributed by atoms with Crippen molar-refractivity contribution in [2.45, 2.75) is 51.9 Å². The Hall–Kier alpha value is -1.31. The van der Waals surface area contributed by atoms with E-state index < -0.39 is 0 Å². The minimum Gasteiger partial charge on any atom is -0.279 e. The van der Waals surface area contributed by atoms with Gasteiger partial charge in [-0.3, -0.25) is 5.43 Å². The first-order valence-corrected chi connectivity index (χ1v) is 8.55. The normalized spacial score (nSPS) is 37.8. The van der Waals surface area contributed by atoms with E-state index in [-0.39, 0.29) is 0 Å². The van der Waals surface area contributed by atoms with Crippen LogP contribution in [0.15, 0.2) is 35.4 Å². The van der Waals surface area contributed by atoms with Crippen molar-refractivity contribution < 1.29 is 0 Å². The highest BCUT2D eigenvalue weighted by Gasteiger charge is 2.50. The van der Waals surface area contributed by atoms with Gasteiger partial charge in [0.15, 0.2) is 0 Å². The van der Waals surface area contributed by atoms with Gasteiger partial charge in [-0.05, 0) is 87.2 Å². The van der Waals surface area contributed by atoms with Crippen molar-refractivity contribution in [2.24, 2.45) is 28.3 Å². The Kier molecular flexibility index (Phi) is 3.28. The van der Waals surface area contributed by atoms with Crippen LogP contribution in [0.25, 0.3) is 0 Å². The minimum atomic E-state index is 0.598. The molecule has 1 aromatic carbocycles. The maximum atomic E-state index is 4.64. The summed E-state index contributed by atoms with van der Waals surface area (Å²) in [7, 11) is 0. The van der Waals surface area contributed by atoms with Gasteiger partial charge in [-0.2, -0.15) is 5.10 Å². The Labute approximate surface area is 128 Å². The fourth-order valence-corrected chi connectivity index (χ4v) is 5.76. The van der Waals surface area contributed by atoms with Crippen LogP contribution in [-0.4, -0.2) is 5.71 Å². The summed E-state index contributed by atoms with van der Waals surface area (Å²) in [4.78, 5) is 0. The summed E-state index contributed by atoms with van der Waals surface area (Å²) in [6, 6.07) is 10.3. The Balaban J connectivity index is 1.43. The summed E-state index contributed by atoms with van der Waals surface area (Å²) < 4.78 is 0. The third-order valence-corrected chi connectivity index (χ3v) is 5.95. The molecular formula is C19H26N2. The van der Waals surface area contributed by atoms with E-state index in [1.165, 1.54) is 50.7 Å². The molecule has 4 fully saturated rings. The molecule has 4 bridgehead atoms. The number of benzene rings is 1. The Morgan fingerprint density at radius 1 is 1.05 bits per heavy atom. The first-order valence-electron chi connectivity index (χ1n) is 8.55. The second-order valence-corrected chi connectivity index (χ2v) is 7.92. The molecular weight excluding hydrogens is 256 g/mol. The highest BCUT2D eigenvalue weighted by Crippen LogP contribution is 2.61. The number of hydrogen-bond donors (Lipinski definition) is 1. The fraction of sp³-hybridized carbons (Fsp3) is 0.632. The van der Waals surface area contributed by atoms with E-state index in [0.29, 0.717) is 5.41 Å². The van der Waals surface area contributed by atoms with Crippen LogP contribution in [0, 0.1) is 23.2 Å². The zero-order valence-corrected chi connectivity index (χ0v) is 13.0. The summed E-state index contributed by atoms with van der Waals surface area (Å²) in [6.07, 6.45) is 10.2. The van der Waals surface area contributed by atoms with Crippen LogP contribution in [0.1, 0.15) is 51.9 Å². The molecule has 4 aliphatic carbocycles. The first kappa shape index (κ1) is 13.4. The van der Waals surface area contributed by atoms with Gasteiger partial charge in [-0.1, -0.05) is 18.2 Å². The van der Waals surface area contributed by atoms with E-state index in [2.05, 4.69) is 29.6 Å². The van der Waals surface area contributed by atoms with Crippen molar-refractivity contribution in [3.05, 3.63) is 30.3 Å². The molecule has 112 valence electrons. The van der Waals surface area contributed by atoms with Gasteiger partial charge < -0.3 is 0 Å². The van der Waals surface area contributed by atoms with Crippen molar-refractivity contribution in [3.63, 3.8) is 0 Å². The van der Waals surface area contributed by atoms with Crippen LogP contribution in [0.4, 0.5) is 5.69 Å². The van der Waals surface area contributed by atoms with Crippen LogP contribution in [-0.2, 0) is 0 Å². The summed E-state index contributed by atoms with van der Waals surface area (Å²) >= 11 is 0. The molecule has 0 heterocycles. The van der Waals surface area contributed by atoms with Crippen LogP contribution in [0.5, 0.6) is 0 Å². The molecule has 5 rings (SSSR count). The quantitative estimate of drug-likeness (QED) is 0.604. The zero-order chi connectivity index (χ0) is 14.3. The maximum absolute atomic E-state index is 4.64. The van der Waals surface area contributed by atoms with Crippen molar-refractivity contribution in [2.75, 3.05) is 5.43 Å². The highest BCUT2D eigenvalue weighted by molar-refractivity contribution is 5.83. The maximum Gasteiger partial charge on any atom is 0.0561 e. The third kappa shape index (κ3) is 2.73. The summed E-state index contributed by atoms with van der Waals surface area (Å²) in [5.41, 5.74) is 6.18. The van der Waals surface area contributed by atoms with Crippen molar-refractivity contribution in [1.82, 2.24) is 0 Å². The number of nitrogens with one attached hydrogen (secondary N) is 1. The number of hydrazone groups is 1. The van der Waals surface area contributed by atoms with Crippen LogP contribution < -0.4 is 5.43 Å². The second kappa shape index (κ2) is 5.15.